The molecule has 0 aromatic heterocycles. The quantitative estimate of drug-likeness (QED) is 0.494. The number of halogens is 3. The van der Waals surface area contributed by atoms with E-state index in [1.807, 2.05) is 12.1 Å². The van der Waals surface area contributed by atoms with E-state index in [2.05, 4.69) is 76.0 Å². The van der Waals surface area contributed by atoms with Crippen molar-refractivity contribution in [2.45, 2.75) is 25.7 Å². The van der Waals surface area contributed by atoms with Crippen LogP contribution in [0.2, 0.25) is 5.02 Å². The van der Waals surface area contributed by atoms with Crippen LogP contribution in [0, 0.1) is 13.8 Å². The van der Waals surface area contributed by atoms with Crippen LogP contribution in [-0.4, -0.2) is 10.7 Å². The van der Waals surface area contributed by atoms with E-state index in [1.165, 1.54) is 22.3 Å². The largest absolute Gasteiger partial charge is 0.0918 e. The van der Waals surface area contributed by atoms with Crippen molar-refractivity contribution in [2.75, 3.05) is 10.7 Å². The zero-order chi connectivity index (χ0) is 15.5. The Bertz CT molecular complexity index is 618. The maximum atomic E-state index is 6.18. The van der Waals surface area contributed by atoms with Gasteiger partial charge in [-0.25, -0.2) is 0 Å². The number of hydrogen-bond acceptors (Lipinski definition) is 0. The lowest BCUT2D eigenvalue weighted by Gasteiger charge is -2.31. The fourth-order valence-electron chi connectivity index (χ4n) is 2.51. The fourth-order valence-corrected chi connectivity index (χ4v) is 4.67. The van der Waals surface area contributed by atoms with Gasteiger partial charge in [0.25, 0.3) is 0 Å². The van der Waals surface area contributed by atoms with E-state index >= 15 is 0 Å². The Balaban J connectivity index is 2.40. The van der Waals surface area contributed by atoms with E-state index in [1.54, 1.807) is 0 Å². The van der Waals surface area contributed by atoms with Gasteiger partial charge < -0.3 is 0 Å². The summed E-state index contributed by atoms with van der Waals surface area (Å²) in [6.45, 7) is 4.32. The van der Waals surface area contributed by atoms with E-state index in [-0.39, 0.29) is 5.41 Å². The molecular formula is C18H19Br2Cl. The number of hydrogen-bond donors (Lipinski definition) is 0. The predicted molar refractivity (Wildman–Crippen MR) is 100 cm³/mol. The zero-order valence-electron chi connectivity index (χ0n) is 12.3. The molecule has 0 atom stereocenters. The average molecular weight is 431 g/mol. The van der Waals surface area contributed by atoms with Gasteiger partial charge in [0.2, 0.25) is 0 Å². The van der Waals surface area contributed by atoms with Gasteiger partial charge in [0, 0.05) is 21.1 Å². The molecule has 2 aromatic carbocycles. The number of benzene rings is 2. The van der Waals surface area contributed by atoms with Gasteiger partial charge in [0.05, 0.1) is 0 Å². The van der Waals surface area contributed by atoms with Crippen molar-refractivity contribution < 1.29 is 0 Å². The highest BCUT2D eigenvalue weighted by molar-refractivity contribution is 9.09. The number of alkyl halides is 2. The minimum Gasteiger partial charge on any atom is -0.0918 e. The van der Waals surface area contributed by atoms with Crippen molar-refractivity contribution in [1.29, 1.82) is 0 Å². The molecular weight excluding hydrogens is 411 g/mol. The first-order chi connectivity index (χ1) is 10.0. The summed E-state index contributed by atoms with van der Waals surface area (Å²) in [7, 11) is 0. The Labute approximate surface area is 149 Å². The molecule has 0 saturated carbocycles. The summed E-state index contributed by atoms with van der Waals surface area (Å²) in [6, 6.07) is 14.9. The molecule has 0 bridgehead atoms. The fraction of sp³-hybridized carbons (Fsp3) is 0.333. The Morgan fingerprint density at radius 2 is 1.67 bits per heavy atom. The third kappa shape index (κ3) is 3.91. The van der Waals surface area contributed by atoms with Gasteiger partial charge in [-0.05, 0) is 54.7 Å². The second-order valence-corrected chi connectivity index (χ2v) is 7.21. The van der Waals surface area contributed by atoms with E-state index in [9.17, 15) is 0 Å². The Hall–Kier alpha value is -0.310. The summed E-state index contributed by atoms with van der Waals surface area (Å²) in [4.78, 5) is 0. The van der Waals surface area contributed by atoms with Crippen LogP contribution in [0.4, 0.5) is 0 Å². The molecule has 0 unspecified atom stereocenters. The molecule has 3 heteroatoms. The van der Waals surface area contributed by atoms with Gasteiger partial charge in [0.15, 0.2) is 0 Å². The van der Waals surface area contributed by atoms with Crippen LogP contribution in [0.1, 0.15) is 22.3 Å². The highest BCUT2D eigenvalue weighted by Gasteiger charge is 2.30. The zero-order valence-corrected chi connectivity index (χ0v) is 16.2. The first-order valence-corrected chi connectivity index (χ1v) is 9.57. The highest BCUT2D eigenvalue weighted by atomic mass is 79.9. The van der Waals surface area contributed by atoms with Crippen molar-refractivity contribution >= 4 is 43.5 Å². The minimum absolute atomic E-state index is 0.00655. The van der Waals surface area contributed by atoms with E-state index in [0.717, 1.165) is 22.1 Å². The Kier molecular flexibility index (Phi) is 5.93. The van der Waals surface area contributed by atoms with Crippen LogP contribution >= 0.6 is 43.5 Å². The van der Waals surface area contributed by atoms with Gasteiger partial charge in [-0.2, -0.15) is 0 Å². The molecule has 0 aliphatic rings. The molecule has 0 fully saturated rings. The second-order valence-electron chi connectivity index (χ2n) is 5.65. The molecule has 0 radical (unpaired) electrons. The van der Waals surface area contributed by atoms with Crippen molar-refractivity contribution in [3.8, 4) is 0 Å². The van der Waals surface area contributed by atoms with Crippen molar-refractivity contribution in [3.63, 3.8) is 0 Å². The maximum absolute atomic E-state index is 6.18. The van der Waals surface area contributed by atoms with Gasteiger partial charge in [-0.15, -0.1) is 0 Å². The lowest BCUT2D eigenvalue weighted by atomic mass is 9.79. The second kappa shape index (κ2) is 7.30. The van der Waals surface area contributed by atoms with Gasteiger partial charge >= 0.3 is 0 Å². The Morgan fingerprint density at radius 3 is 2.24 bits per heavy atom. The first-order valence-electron chi connectivity index (χ1n) is 6.95. The molecule has 2 rings (SSSR count). The highest BCUT2D eigenvalue weighted by Crippen LogP contribution is 2.34. The van der Waals surface area contributed by atoms with Crippen LogP contribution in [0.25, 0.3) is 0 Å². The number of rotatable bonds is 5. The lowest BCUT2D eigenvalue weighted by molar-refractivity contribution is 0.551. The van der Waals surface area contributed by atoms with Crippen molar-refractivity contribution in [2.24, 2.45) is 0 Å². The minimum atomic E-state index is 0.00655. The lowest BCUT2D eigenvalue weighted by Crippen LogP contribution is -2.33. The molecule has 0 N–H and O–H groups in total. The van der Waals surface area contributed by atoms with Crippen LogP contribution in [0.5, 0.6) is 0 Å². The SMILES string of the molecule is Cc1ccc(CC(CBr)(CBr)c2cccc(Cl)c2)cc1C. The molecule has 0 aliphatic heterocycles. The van der Waals surface area contributed by atoms with Gasteiger partial charge in [0.1, 0.15) is 0 Å². The first kappa shape index (κ1) is 17.1. The summed E-state index contributed by atoms with van der Waals surface area (Å²) in [6.07, 6.45) is 0.977. The van der Waals surface area contributed by atoms with Crippen LogP contribution in [0.3, 0.4) is 0 Å². The molecule has 21 heavy (non-hydrogen) atoms. The van der Waals surface area contributed by atoms with Crippen LogP contribution in [0.15, 0.2) is 42.5 Å². The molecule has 2 aromatic rings. The molecule has 112 valence electrons. The summed E-state index contributed by atoms with van der Waals surface area (Å²) in [5.41, 5.74) is 5.31. The van der Waals surface area contributed by atoms with Crippen molar-refractivity contribution in [3.05, 3.63) is 69.7 Å². The van der Waals surface area contributed by atoms with Crippen LogP contribution in [-0.2, 0) is 11.8 Å². The molecule has 0 spiro atoms. The monoisotopic (exact) mass is 428 g/mol. The van der Waals surface area contributed by atoms with E-state index in [4.69, 9.17) is 11.6 Å². The smallest absolute Gasteiger partial charge is 0.0408 e. The molecule has 0 saturated heterocycles. The van der Waals surface area contributed by atoms with Crippen molar-refractivity contribution in [1.82, 2.24) is 0 Å². The summed E-state index contributed by atoms with van der Waals surface area (Å²) >= 11 is 13.6. The van der Waals surface area contributed by atoms with Gasteiger partial charge in [-0.3, -0.25) is 0 Å². The standard InChI is InChI=1S/C18H19Br2Cl/c1-13-6-7-15(8-14(13)2)10-18(11-19,12-20)16-4-3-5-17(21)9-16/h3-9H,10-12H2,1-2H3. The molecule has 0 heterocycles. The molecule has 0 aliphatic carbocycles. The predicted octanol–water partition coefficient (Wildman–Crippen LogP) is 6.23. The average Bonchev–Trinajstić information content (AvgIpc) is 2.48. The third-order valence-corrected chi connectivity index (χ3v) is 6.44. The topological polar surface area (TPSA) is 0 Å². The van der Waals surface area contributed by atoms with E-state index in [0.29, 0.717) is 0 Å². The molecule has 0 nitrogen and oxygen atoms in total. The number of aryl methyl sites for hydroxylation is 2. The summed E-state index contributed by atoms with van der Waals surface area (Å²) < 4.78 is 0. The van der Waals surface area contributed by atoms with Gasteiger partial charge in [-0.1, -0.05) is 73.8 Å². The molecule has 0 amide bonds. The third-order valence-electron chi connectivity index (χ3n) is 4.06. The maximum Gasteiger partial charge on any atom is 0.0408 e. The normalized spacial score (nSPS) is 11.7. The Morgan fingerprint density at radius 1 is 0.952 bits per heavy atom. The summed E-state index contributed by atoms with van der Waals surface area (Å²) in [5, 5.41) is 2.57. The van der Waals surface area contributed by atoms with Crippen LogP contribution < -0.4 is 0 Å². The summed E-state index contributed by atoms with van der Waals surface area (Å²) in [5.74, 6) is 0. The van der Waals surface area contributed by atoms with E-state index < -0.39 is 0 Å².